The van der Waals surface area contributed by atoms with E-state index in [-0.39, 0.29) is 48.0 Å². The summed E-state index contributed by atoms with van der Waals surface area (Å²) in [6, 6.07) is 9.22. The maximum absolute atomic E-state index is 15.7. The number of carbonyl (C=O) groups is 6. The van der Waals surface area contributed by atoms with Crippen molar-refractivity contribution < 1.29 is 76.9 Å². The fraction of sp³-hybridized carbons (Fsp3) is 0.600. The Morgan fingerprint density at radius 3 is 2.26 bits per heavy atom. The average Bonchev–Trinajstić information content (AvgIpc) is 3.94. The molecule has 0 radical (unpaired) electrons. The summed E-state index contributed by atoms with van der Waals surface area (Å²) in [5.74, 6) is -6.67. The van der Waals surface area contributed by atoms with E-state index in [0.717, 1.165) is 6.92 Å². The van der Waals surface area contributed by atoms with Crippen molar-refractivity contribution >= 4 is 35.8 Å². The Morgan fingerprint density at radius 2 is 1.68 bits per heavy atom. The predicted molar refractivity (Wildman–Crippen MR) is 212 cm³/mol. The molecule has 4 aliphatic carbocycles. The van der Waals surface area contributed by atoms with E-state index in [9.17, 15) is 39.3 Å². The molecule has 1 amide bonds. The van der Waals surface area contributed by atoms with Crippen LogP contribution >= 0.6 is 0 Å². The molecule has 2 aromatic rings. The van der Waals surface area contributed by atoms with Gasteiger partial charge in [-0.05, 0) is 68.0 Å². The lowest BCUT2D eigenvalue weighted by Crippen LogP contribution is -2.82. The number of aliphatic hydroxyl groups is 3. The maximum atomic E-state index is 15.7. The Hall–Kier alpha value is -5.10. The number of hydrogen-bond donors (Lipinski definition) is 4. The topological polar surface area (TPSA) is 244 Å². The summed E-state index contributed by atoms with van der Waals surface area (Å²) in [5, 5.41) is 39.9. The molecule has 17 nitrogen and oxygen atoms in total. The number of hydrogen-bond acceptors (Lipinski definition) is 16. The second-order valence-electron chi connectivity index (χ2n) is 18.4. The molecule has 4 N–H and O–H groups in total. The number of ether oxygens (including phenoxy) is 6. The number of rotatable bonds is 12. The maximum Gasteiger partial charge on any atom is 0.407 e. The van der Waals surface area contributed by atoms with Crippen molar-refractivity contribution in [1.29, 1.82) is 0 Å². The normalized spacial score (nSPS) is 33.2. The van der Waals surface area contributed by atoms with Crippen molar-refractivity contribution in [3.05, 3.63) is 71.2 Å². The van der Waals surface area contributed by atoms with E-state index in [4.69, 9.17) is 32.8 Å². The minimum Gasteiger partial charge on any atom is -0.467 e. The van der Waals surface area contributed by atoms with Crippen LogP contribution in [0.3, 0.4) is 0 Å². The number of carbonyl (C=O) groups excluding carboxylic acids is 6. The lowest BCUT2D eigenvalue weighted by molar-refractivity contribution is -0.346. The monoisotopic (exact) mass is 865 g/mol. The highest BCUT2D eigenvalue weighted by Gasteiger charge is 2.78. The Balaban J connectivity index is 1.39. The highest BCUT2D eigenvalue weighted by Crippen LogP contribution is 2.64. The second-order valence-corrected chi connectivity index (χ2v) is 18.4. The van der Waals surface area contributed by atoms with Gasteiger partial charge in [0, 0.05) is 25.2 Å². The molecule has 5 aliphatic rings. The predicted octanol–water partition coefficient (Wildman–Crippen LogP) is 3.67. The minimum atomic E-state index is -2.40. The molecule has 7 rings (SSSR count). The summed E-state index contributed by atoms with van der Waals surface area (Å²) in [5.41, 5.74) is -7.65. The standard InChI is InChI=1S/C45H55NO16/c1-22(2)20-57-41(54)46-32(27-14-11-17-56-27)33(49)40(53)59-28-19-45(55)37(61-39(52)25-12-9-8-10-13-25)35-43(7,29(48)18-30-44(35,21-58-30)62-24(4)47)36(50)34(60-38(51)26-15-16-26)31(23(28)3)42(45,5)6/h8-14,17,22,26,28-30,32-35,37,48-49,55H,15-16,18-21H2,1-7H3,(H,46,54). The zero-order valence-electron chi connectivity index (χ0n) is 35.8. The van der Waals surface area contributed by atoms with Crippen molar-refractivity contribution in [2.24, 2.45) is 28.6 Å². The molecule has 4 fully saturated rings. The largest absolute Gasteiger partial charge is 0.467 e. The van der Waals surface area contributed by atoms with Crippen LogP contribution in [0.15, 0.2) is 64.3 Å². The first-order chi connectivity index (χ1) is 29.2. The Bertz CT molecular complexity index is 2110. The Morgan fingerprint density at radius 1 is 0.984 bits per heavy atom. The number of aliphatic hydroxyl groups excluding tert-OH is 2. The van der Waals surface area contributed by atoms with Crippen LogP contribution < -0.4 is 5.32 Å². The zero-order chi connectivity index (χ0) is 45.1. The van der Waals surface area contributed by atoms with E-state index in [0.29, 0.717) is 12.8 Å². The van der Waals surface area contributed by atoms with E-state index in [2.05, 4.69) is 5.32 Å². The number of alkyl carbamates (subject to hydrolysis) is 1. The zero-order valence-corrected chi connectivity index (χ0v) is 35.8. The van der Waals surface area contributed by atoms with Gasteiger partial charge in [-0.15, -0.1) is 0 Å². The molecular weight excluding hydrogens is 810 g/mol. The van der Waals surface area contributed by atoms with Crippen molar-refractivity contribution in [1.82, 2.24) is 5.32 Å². The fourth-order valence-corrected chi connectivity index (χ4v) is 9.91. The minimum absolute atomic E-state index is 0.0108. The SMILES string of the molecule is CC(=O)OC12COC1CC(O)C1(C)C(=O)C(OC(=O)C3CC3)C3=C(C)C(OC(=O)C(O)C(NC(=O)OCC(C)C)c4ccco4)CC(O)(C(OC(=O)c4ccccc4)C21)C3(C)C. The molecule has 0 spiro atoms. The van der Waals surface area contributed by atoms with E-state index >= 15 is 4.79 Å². The number of furan rings is 1. The number of esters is 4. The Labute approximate surface area is 358 Å². The molecule has 11 atom stereocenters. The number of Topliss-reactive ketones (excluding diaryl/α,β-unsaturated/α-hetero) is 1. The van der Waals surface area contributed by atoms with E-state index < -0.39 is 119 Å². The highest BCUT2D eigenvalue weighted by atomic mass is 16.6. The summed E-state index contributed by atoms with van der Waals surface area (Å²) in [6.07, 6.45) is -9.30. The fourth-order valence-electron chi connectivity index (χ4n) is 9.91. The third kappa shape index (κ3) is 7.60. The van der Waals surface area contributed by atoms with Crippen LogP contribution in [-0.4, -0.2) is 112 Å². The molecule has 11 unspecified atom stereocenters. The number of amides is 1. The number of benzene rings is 1. The van der Waals surface area contributed by atoms with Gasteiger partial charge < -0.3 is 53.5 Å². The van der Waals surface area contributed by atoms with Gasteiger partial charge in [0.1, 0.15) is 35.7 Å². The van der Waals surface area contributed by atoms with Gasteiger partial charge in [0.15, 0.2) is 23.6 Å². The van der Waals surface area contributed by atoms with Gasteiger partial charge in [0.2, 0.25) is 0 Å². The molecule has 17 heteroatoms. The lowest BCUT2D eigenvalue weighted by atomic mass is 9.44. The second kappa shape index (κ2) is 16.5. The van der Waals surface area contributed by atoms with Gasteiger partial charge in [-0.1, -0.05) is 45.9 Å². The van der Waals surface area contributed by atoms with Crippen molar-refractivity contribution in [2.45, 2.75) is 128 Å². The molecule has 336 valence electrons. The van der Waals surface area contributed by atoms with Crippen LogP contribution in [0.4, 0.5) is 4.79 Å². The molecule has 2 heterocycles. The summed E-state index contributed by atoms with van der Waals surface area (Å²) in [4.78, 5) is 83.7. The molecule has 1 aromatic heterocycles. The van der Waals surface area contributed by atoms with Crippen LogP contribution in [-0.2, 0) is 47.6 Å². The first-order valence-electron chi connectivity index (χ1n) is 21.0. The van der Waals surface area contributed by atoms with Crippen LogP contribution in [0.25, 0.3) is 0 Å². The van der Waals surface area contributed by atoms with Crippen LogP contribution in [0.5, 0.6) is 0 Å². The lowest BCUT2D eigenvalue weighted by Gasteiger charge is -2.67. The molecular formula is C45H55NO16. The Kier molecular flexibility index (Phi) is 12.0. The van der Waals surface area contributed by atoms with Gasteiger partial charge in [-0.2, -0.15) is 0 Å². The number of fused-ring (bicyclic) bond motifs is 5. The van der Waals surface area contributed by atoms with Crippen molar-refractivity contribution in [3.8, 4) is 0 Å². The third-order valence-electron chi connectivity index (χ3n) is 13.5. The molecule has 3 saturated carbocycles. The van der Waals surface area contributed by atoms with Gasteiger partial charge >= 0.3 is 30.0 Å². The van der Waals surface area contributed by atoms with Gasteiger partial charge in [-0.3, -0.25) is 14.4 Å². The van der Waals surface area contributed by atoms with Gasteiger partial charge in [-0.25, -0.2) is 14.4 Å². The highest BCUT2D eigenvalue weighted by molar-refractivity contribution is 5.96. The van der Waals surface area contributed by atoms with E-state index in [1.54, 1.807) is 32.0 Å². The van der Waals surface area contributed by atoms with Crippen LogP contribution in [0.2, 0.25) is 0 Å². The van der Waals surface area contributed by atoms with Gasteiger partial charge in [0.05, 0.1) is 48.4 Å². The first kappa shape index (κ1) is 44.9. The molecule has 1 aliphatic heterocycles. The molecule has 1 aromatic carbocycles. The van der Waals surface area contributed by atoms with Crippen LogP contribution in [0, 0.1) is 28.6 Å². The molecule has 1 saturated heterocycles. The van der Waals surface area contributed by atoms with E-state index in [1.807, 2.05) is 13.8 Å². The molecule has 2 bridgehead atoms. The summed E-state index contributed by atoms with van der Waals surface area (Å²) >= 11 is 0. The first-order valence-corrected chi connectivity index (χ1v) is 21.0. The quantitative estimate of drug-likeness (QED) is 0.135. The van der Waals surface area contributed by atoms with Crippen LogP contribution in [0.1, 0.15) is 96.3 Å². The van der Waals surface area contributed by atoms with Crippen molar-refractivity contribution in [2.75, 3.05) is 13.2 Å². The number of ketones is 1. The summed E-state index contributed by atoms with van der Waals surface area (Å²) in [7, 11) is 0. The summed E-state index contributed by atoms with van der Waals surface area (Å²) in [6.45, 7) is 10.6. The van der Waals surface area contributed by atoms with Crippen molar-refractivity contribution in [3.63, 3.8) is 0 Å². The van der Waals surface area contributed by atoms with Gasteiger partial charge in [0.25, 0.3) is 0 Å². The smallest absolute Gasteiger partial charge is 0.407 e. The number of nitrogens with one attached hydrogen (secondary N) is 1. The third-order valence-corrected chi connectivity index (χ3v) is 13.5. The average molecular weight is 866 g/mol. The molecule has 62 heavy (non-hydrogen) atoms. The van der Waals surface area contributed by atoms with E-state index in [1.165, 1.54) is 44.4 Å². The summed E-state index contributed by atoms with van der Waals surface area (Å²) < 4.78 is 41.2.